The minimum absolute atomic E-state index is 0.0724. The molecule has 3 aromatic rings. The number of aromatic nitrogens is 6. The lowest BCUT2D eigenvalue weighted by molar-refractivity contribution is 0.383. The van der Waals surface area contributed by atoms with E-state index < -0.39 is 15.7 Å². The van der Waals surface area contributed by atoms with Crippen LogP contribution in [0.15, 0.2) is 16.0 Å². The lowest BCUT2D eigenvalue weighted by atomic mass is 10.3. The standard InChI is InChI=1S/C18H23N9O4S/c1-2-32(30,31)26-7-5-25(6-8-26)16-22-14-11(9-13-15(28)23-18(29)21-13)10-19-27(14)17(24-16)20-12-3-4-12/h9-10,12,28H,2-8H2,1H3,(H2,21,23,29). The molecule has 0 amide bonds. The Labute approximate surface area is 182 Å². The van der Waals surface area contributed by atoms with Crippen molar-refractivity contribution < 1.29 is 13.5 Å². The second-order valence-electron chi connectivity index (χ2n) is 7.79. The number of H-pyrrole nitrogens is 2. The summed E-state index contributed by atoms with van der Waals surface area (Å²) in [4.78, 5) is 32.1. The first kappa shape index (κ1) is 20.6. The van der Waals surface area contributed by atoms with Crippen molar-refractivity contribution in [1.29, 1.82) is 0 Å². The summed E-state index contributed by atoms with van der Waals surface area (Å²) in [6, 6.07) is 0.203. The summed E-state index contributed by atoms with van der Waals surface area (Å²) in [6.45, 7) is 3.26. The summed E-state index contributed by atoms with van der Waals surface area (Å²) in [5.41, 5.74) is 0.580. The molecule has 0 radical (unpaired) electrons. The number of imidazole rings is 1. The van der Waals surface area contributed by atoms with E-state index in [1.54, 1.807) is 19.2 Å². The average Bonchev–Trinajstić information content (AvgIpc) is 3.42. The van der Waals surface area contributed by atoms with E-state index in [1.165, 1.54) is 8.82 Å². The number of nitrogens with zero attached hydrogens (tertiary/aromatic N) is 7. The van der Waals surface area contributed by atoms with Gasteiger partial charge in [-0.1, -0.05) is 0 Å². The number of sulfonamides is 1. The van der Waals surface area contributed by atoms with E-state index in [0.717, 1.165) is 12.8 Å². The Morgan fingerprint density at radius 3 is 2.59 bits per heavy atom. The van der Waals surface area contributed by atoms with E-state index >= 15 is 0 Å². The first-order chi connectivity index (χ1) is 15.3. The third-order valence-electron chi connectivity index (χ3n) is 5.53. The Kier molecular flexibility index (Phi) is 4.97. The topological polar surface area (TPSA) is 165 Å². The van der Waals surface area contributed by atoms with Crippen molar-refractivity contribution in [2.75, 3.05) is 36.8 Å². The van der Waals surface area contributed by atoms with Gasteiger partial charge in [0.05, 0.1) is 18.0 Å². The van der Waals surface area contributed by atoms with E-state index in [0.29, 0.717) is 48.6 Å². The molecule has 32 heavy (non-hydrogen) atoms. The zero-order chi connectivity index (χ0) is 22.5. The molecule has 0 bridgehead atoms. The average molecular weight is 462 g/mol. The molecule has 13 nitrogen and oxygen atoms in total. The van der Waals surface area contributed by atoms with Crippen molar-refractivity contribution in [2.45, 2.75) is 25.8 Å². The lowest BCUT2D eigenvalue weighted by Gasteiger charge is -2.33. The summed E-state index contributed by atoms with van der Waals surface area (Å²) < 4.78 is 27.4. The highest BCUT2D eigenvalue weighted by atomic mass is 32.2. The molecule has 2 fully saturated rings. The molecule has 0 atom stereocenters. The van der Waals surface area contributed by atoms with Crippen LogP contribution in [0.25, 0.3) is 11.7 Å². The Balaban J connectivity index is 1.57. The quantitative estimate of drug-likeness (QED) is 0.390. The SMILES string of the molecule is CCS(=O)(=O)N1CCN(c2nc(=NC3CC3)n3ncc(=Cc4[nH]c(=O)[nH]c4O)c3n2)CC1. The Morgan fingerprint density at radius 1 is 1.22 bits per heavy atom. The molecular weight excluding hydrogens is 438 g/mol. The van der Waals surface area contributed by atoms with E-state index in [2.05, 4.69) is 30.0 Å². The third kappa shape index (κ3) is 3.86. The summed E-state index contributed by atoms with van der Waals surface area (Å²) >= 11 is 0. The third-order valence-corrected chi connectivity index (χ3v) is 7.41. The molecule has 3 N–H and O–H groups in total. The van der Waals surface area contributed by atoms with Gasteiger partial charge in [-0.3, -0.25) is 4.98 Å². The fraction of sp³-hybridized carbons (Fsp3) is 0.500. The van der Waals surface area contributed by atoms with Gasteiger partial charge in [0.15, 0.2) is 5.65 Å². The van der Waals surface area contributed by atoms with Gasteiger partial charge in [-0.15, -0.1) is 0 Å². The van der Waals surface area contributed by atoms with Crippen molar-refractivity contribution in [2.24, 2.45) is 4.99 Å². The van der Waals surface area contributed by atoms with E-state index in [4.69, 9.17) is 0 Å². The van der Waals surface area contributed by atoms with E-state index in [1.807, 2.05) is 4.90 Å². The predicted octanol–water partition coefficient (Wildman–Crippen LogP) is -2.07. The second-order valence-corrected chi connectivity index (χ2v) is 10.0. The number of piperazine rings is 1. The van der Waals surface area contributed by atoms with Crippen LogP contribution in [-0.4, -0.2) is 85.4 Å². The Hall–Kier alpha value is -3.26. The van der Waals surface area contributed by atoms with Gasteiger partial charge >= 0.3 is 5.69 Å². The number of fused-ring (bicyclic) bond motifs is 1. The van der Waals surface area contributed by atoms with Crippen LogP contribution in [0.1, 0.15) is 25.5 Å². The highest BCUT2D eigenvalue weighted by molar-refractivity contribution is 7.89. The molecule has 1 saturated carbocycles. The van der Waals surface area contributed by atoms with Crippen LogP contribution in [-0.2, 0) is 10.0 Å². The fourth-order valence-electron chi connectivity index (χ4n) is 3.56. The maximum atomic E-state index is 12.2. The molecule has 1 aliphatic carbocycles. The zero-order valence-electron chi connectivity index (χ0n) is 17.4. The number of aromatic hydroxyl groups is 1. The summed E-state index contributed by atoms with van der Waals surface area (Å²) in [5, 5.41) is 14.8. The van der Waals surface area contributed by atoms with Crippen LogP contribution in [0.3, 0.4) is 0 Å². The first-order valence-electron chi connectivity index (χ1n) is 10.4. The van der Waals surface area contributed by atoms with Crippen molar-refractivity contribution in [3.8, 4) is 5.88 Å². The van der Waals surface area contributed by atoms with E-state index in [9.17, 15) is 18.3 Å². The van der Waals surface area contributed by atoms with Gasteiger partial charge < -0.3 is 15.0 Å². The van der Waals surface area contributed by atoms with Crippen molar-refractivity contribution in [3.63, 3.8) is 0 Å². The van der Waals surface area contributed by atoms with Crippen molar-refractivity contribution in [1.82, 2.24) is 33.9 Å². The maximum absolute atomic E-state index is 12.2. The largest absolute Gasteiger partial charge is 0.493 e. The van der Waals surface area contributed by atoms with Gasteiger partial charge in [0.2, 0.25) is 21.9 Å². The monoisotopic (exact) mass is 461 g/mol. The lowest BCUT2D eigenvalue weighted by Crippen LogP contribution is -2.50. The minimum atomic E-state index is -3.24. The molecule has 170 valence electrons. The van der Waals surface area contributed by atoms with Crippen LogP contribution in [0.5, 0.6) is 5.88 Å². The van der Waals surface area contributed by atoms with Gasteiger partial charge in [-0.2, -0.15) is 23.9 Å². The molecule has 1 saturated heterocycles. The molecule has 5 rings (SSSR count). The zero-order valence-corrected chi connectivity index (χ0v) is 18.2. The fourth-order valence-corrected chi connectivity index (χ4v) is 4.64. The number of anilines is 1. The molecule has 0 spiro atoms. The molecule has 14 heteroatoms. The first-order valence-corrected chi connectivity index (χ1v) is 12.0. The molecule has 0 unspecified atom stereocenters. The number of nitrogens with one attached hydrogen (secondary N) is 2. The number of hydrogen-bond donors (Lipinski definition) is 3. The Morgan fingerprint density at radius 2 is 1.97 bits per heavy atom. The maximum Gasteiger partial charge on any atom is 0.326 e. The molecule has 0 aromatic carbocycles. The molecule has 3 aromatic heterocycles. The molecule has 4 heterocycles. The van der Waals surface area contributed by atoms with Gasteiger partial charge in [0.25, 0.3) is 5.62 Å². The number of hydrogen-bond acceptors (Lipinski definition) is 9. The van der Waals surface area contributed by atoms with Crippen molar-refractivity contribution in [3.05, 3.63) is 33.2 Å². The van der Waals surface area contributed by atoms with Crippen molar-refractivity contribution >= 4 is 27.7 Å². The van der Waals surface area contributed by atoms with Gasteiger partial charge in [0.1, 0.15) is 5.69 Å². The Bertz CT molecular complexity index is 1440. The van der Waals surface area contributed by atoms with E-state index in [-0.39, 0.29) is 23.4 Å². The smallest absolute Gasteiger partial charge is 0.326 e. The van der Waals surface area contributed by atoms with Gasteiger partial charge in [0, 0.05) is 31.4 Å². The highest BCUT2D eigenvalue weighted by Gasteiger charge is 2.27. The molecule has 1 aliphatic heterocycles. The normalized spacial score (nSPS) is 19.3. The number of rotatable bonds is 5. The van der Waals surface area contributed by atoms with Crippen LogP contribution in [0.4, 0.5) is 5.95 Å². The van der Waals surface area contributed by atoms with Gasteiger partial charge in [-0.25, -0.2) is 18.2 Å². The summed E-state index contributed by atoms with van der Waals surface area (Å²) in [5.74, 6) is 0.232. The minimum Gasteiger partial charge on any atom is -0.493 e. The predicted molar refractivity (Wildman–Crippen MR) is 114 cm³/mol. The van der Waals surface area contributed by atoms with Crippen LogP contribution >= 0.6 is 0 Å². The van der Waals surface area contributed by atoms with Crippen LogP contribution in [0.2, 0.25) is 0 Å². The van der Waals surface area contributed by atoms with Crippen LogP contribution < -0.4 is 21.4 Å². The number of aromatic amines is 2. The second kappa shape index (κ2) is 7.70. The summed E-state index contributed by atoms with van der Waals surface area (Å²) in [6.07, 6.45) is 5.12. The molecule has 2 aliphatic rings. The highest BCUT2D eigenvalue weighted by Crippen LogP contribution is 2.22. The summed E-state index contributed by atoms with van der Waals surface area (Å²) in [7, 11) is -3.24. The van der Waals surface area contributed by atoms with Gasteiger partial charge in [-0.05, 0) is 25.8 Å². The molecular formula is C18H23N9O4S. The van der Waals surface area contributed by atoms with Crippen LogP contribution in [0, 0.1) is 0 Å².